The number of hydrogen-bond acceptors (Lipinski definition) is 3. The highest BCUT2D eigenvalue weighted by atomic mass is 16.4. The van der Waals surface area contributed by atoms with Gasteiger partial charge in [-0.1, -0.05) is 12.0 Å². The van der Waals surface area contributed by atoms with Gasteiger partial charge in [-0.25, -0.2) is 4.79 Å². The zero-order valence-electron chi connectivity index (χ0n) is 10.3. The highest BCUT2D eigenvalue weighted by Crippen LogP contribution is 2.28. The monoisotopic (exact) mass is 258 g/mol. The number of nitrogens with one attached hydrogen (secondary N) is 1. The second-order valence-corrected chi connectivity index (χ2v) is 4.30. The molecule has 0 saturated carbocycles. The van der Waals surface area contributed by atoms with E-state index in [9.17, 15) is 9.59 Å². The second-order valence-electron chi connectivity index (χ2n) is 4.30. The topological polar surface area (TPSA) is 69.6 Å². The number of amides is 1. The van der Waals surface area contributed by atoms with Crippen LogP contribution in [0.4, 0.5) is 5.69 Å². The number of hydrogen-bond donors (Lipinski definition) is 2. The Morgan fingerprint density at radius 1 is 1.47 bits per heavy atom. The maximum absolute atomic E-state index is 11.6. The van der Waals surface area contributed by atoms with Crippen molar-refractivity contribution in [3.63, 3.8) is 0 Å². The number of terminal acetylenes is 1. The third-order valence-electron chi connectivity index (χ3n) is 3.05. The SMILES string of the molecule is C#CCNC(=O)CN1CCc2ccc(C(=O)O)cc21. The highest BCUT2D eigenvalue weighted by Gasteiger charge is 2.22. The average molecular weight is 258 g/mol. The van der Waals surface area contributed by atoms with Crippen LogP contribution in [0.15, 0.2) is 18.2 Å². The van der Waals surface area contributed by atoms with Crippen molar-refractivity contribution in [2.75, 3.05) is 24.5 Å². The van der Waals surface area contributed by atoms with E-state index in [-0.39, 0.29) is 24.6 Å². The molecule has 0 unspecified atom stereocenters. The van der Waals surface area contributed by atoms with E-state index >= 15 is 0 Å². The van der Waals surface area contributed by atoms with Gasteiger partial charge in [0.25, 0.3) is 0 Å². The van der Waals surface area contributed by atoms with Gasteiger partial charge >= 0.3 is 5.97 Å². The van der Waals surface area contributed by atoms with Crippen LogP contribution in [0.3, 0.4) is 0 Å². The number of carboxylic acid groups (broad SMARTS) is 1. The van der Waals surface area contributed by atoms with Crippen LogP contribution in [-0.2, 0) is 11.2 Å². The van der Waals surface area contributed by atoms with E-state index in [2.05, 4.69) is 11.2 Å². The number of anilines is 1. The quantitative estimate of drug-likeness (QED) is 0.771. The Kier molecular flexibility index (Phi) is 3.71. The minimum atomic E-state index is -0.966. The number of fused-ring (bicyclic) bond motifs is 1. The number of nitrogens with zero attached hydrogens (tertiary/aromatic N) is 1. The minimum Gasteiger partial charge on any atom is -0.478 e. The molecule has 2 rings (SSSR count). The van der Waals surface area contributed by atoms with Gasteiger partial charge in [-0.2, -0.15) is 0 Å². The molecule has 5 heteroatoms. The van der Waals surface area contributed by atoms with Crippen molar-refractivity contribution in [2.24, 2.45) is 0 Å². The van der Waals surface area contributed by atoms with Crippen LogP contribution in [0.25, 0.3) is 0 Å². The van der Waals surface area contributed by atoms with E-state index in [1.807, 2.05) is 4.90 Å². The van der Waals surface area contributed by atoms with E-state index in [0.717, 1.165) is 17.7 Å². The van der Waals surface area contributed by atoms with Gasteiger partial charge in [-0.3, -0.25) is 4.79 Å². The lowest BCUT2D eigenvalue weighted by Crippen LogP contribution is -2.36. The van der Waals surface area contributed by atoms with E-state index in [1.54, 1.807) is 18.2 Å². The summed E-state index contributed by atoms with van der Waals surface area (Å²) in [5, 5.41) is 11.6. The molecule has 1 heterocycles. The minimum absolute atomic E-state index is 0.161. The van der Waals surface area contributed by atoms with Gasteiger partial charge in [0.1, 0.15) is 0 Å². The third-order valence-corrected chi connectivity index (χ3v) is 3.05. The van der Waals surface area contributed by atoms with Crippen molar-refractivity contribution in [1.82, 2.24) is 5.32 Å². The van der Waals surface area contributed by atoms with E-state index in [1.165, 1.54) is 0 Å². The summed E-state index contributed by atoms with van der Waals surface area (Å²) in [5.41, 5.74) is 2.11. The van der Waals surface area contributed by atoms with E-state index in [4.69, 9.17) is 11.5 Å². The molecule has 0 saturated heterocycles. The lowest BCUT2D eigenvalue weighted by Gasteiger charge is -2.18. The Morgan fingerprint density at radius 2 is 2.26 bits per heavy atom. The van der Waals surface area contributed by atoms with E-state index in [0.29, 0.717) is 6.54 Å². The van der Waals surface area contributed by atoms with Crippen LogP contribution in [0, 0.1) is 12.3 Å². The summed E-state index contributed by atoms with van der Waals surface area (Å²) in [6.07, 6.45) is 5.89. The molecule has 0 atom stereocenters. The normalized spacial score (nSPS) is 12.7. The predicted molar refractivity (Wildman–Crippen MR) is 71.2 cm³/mol. The van der Waals surface area contributed by atoms with Crippen LogP contribution in [0.5, 0.6) is 0 Å². The van der Waals surface area contributed by atoms with Gasteiger partial charge in [0, 0.05) is 12.2 Å². The van der Waals surface area contributed by atoms with Crippen LogP contribution in [0.1, 0.15) is 15.9 Å². The van der Waals surface area contributed by atoms with Crippen LogP contribution >= 0.6 is 0 Å². The van der Waals surface area contributed by atoms with Crippen molar-refractivity contribution < 1.29 is 14.7 Å². The molecular formula is C14H14N2O3. The first kappa shape index (κ1) is 13.0. The summed E-state index contributed by atoms with van der Waals surface area (Å²) in [6, 6.07) is 5.00. The molecule has 0 aliphatic carbocycles. The second kappa shape index (κ2) is 5.44. The Hall–Kier alpha value is -2.48. The fourth-order valence-corrected chi connectivity index (χ4v) is 2.12. The molecule has 1 aromatic rings. The molecule has 0 radical (unpaired) electrons. The van der Waals surface area contributed by atoms with Crippen LogP contribution in [-0.4, -0.2) is 36.6 Å². The fourth-order valence-electron chi connectivity index (χ4n) is 2.12. The van der Waals surface area contributed by atoms with Gasteiger partial charge in [0.15, 0.2) is 0 Å². The standard InChI is InChI=1S/C14H14N2O3/c1-2-6-15-13(17)9-16-7-5-10-3-4-11(14(18)19)8-12(10)16/h1,3-4,8H,5-7,9H2,(H,15,17)(H,18,19). The number of benzene rings is 1. The number of aromatic carboxylic acids is 1. The summed E-state index contributed by atoms with van der Waals surface area (Å²) < 4.78 is 0. The molecule has 2 N–H and O–H groups in total. The third kappa shape index (κ3) is 2.86. The first-order valence-corrected chi connectivity index (χ1v) is 5.93. The van der Waals surface area contributed by atoms with Crippen molar-refractivity contribution in [3.05, 3.63) is 29.3 Å². The van der Waals surface area contributed by atoms with Gasteiger partial charge in [-0.15, -0.1) is 6.42 Å². The van der Waals surface area contributed by atoms with Crippen molar-refractivity contribution in [2.45, 2.75) is 6.42 Å². The fraction of sp³-hybridized carbons (Fsp3) is 0.286. The molecule has 1 aromatic carbocycles. The zero-order valence-corrected chi connectivity index (χ0v) is 10.3. The van der Waals surface area contributed by atoms with Gasteiger partial charge in [0.2, 0.25) is 5.91 Å². The number of carbonyl (C=O) groups excluding carboxylic acids is 1. The van der Waals surface area contributed by atoms with Crippen LogP contribution in [0.2, 0.25) is 0 Å². The largest absolute Gasteiger partial charge is 0.478 e. The van der Waals surface area contributed by atoms with E-state index < -0.39 is 5.97 Å². The smallest absolute Gasteiger partial charge is 0.335 e. The molecule has 0 fully saturated rings. The summed E-state index contributed by atoms with van der Waals surface area (Å²) in [4.78, 5) is 24.4. The zero-order chi connectivity index (χ0) is 13.8. The molecule has 19 heavy (non-hydrogen) atoms. The number of rotatable bonds is 4. The van der Waals surface area contributed by atoms with Gasteiger partial charge in [-0.05, 0) is 24.1 Å². The summed E-state index contributed by atoms with van der Waals surface area (Å²) in [6.45, 7) is 1.11. The Bertz CT molecular complexity index is 560. The lowest BCUT2D eigenvalue weighted by atomic mass is 10.1. The number of carbonyl (C=O) groups is 2. The van der Waals surface area contributed by atoms with Gasteiger partial charge in [0.05, 0.1) is 18.7 Å². The number of carboxylic acids is 1. The maximum atomic E-state index is 11.6. The molecular weight excluding hydrogens is 244 g/mol. The molecule has 1 aliphatic rings. The van der Waals surface area contributed by atoms with Crippen molar-refractivity contribution in [1.29, 1.82) is 0 Å². The molecule has 98 valence electrons. The summed E-state index contributed by atoms with van der Waals surface area (Å²) in [5.74, 6) is 1.21. The average Bonchev–Trinajstić information content (AvgIpc) is 2.78. The Balaban J connectivity index is 2.12. The van der Waals surface area contributed by atoms with Crippen molar-refractivity contribution >= 4 is 17.6 Å². The highest BCUT2D eigenvalue weighted by molar-refractivity contribution is 5.90. The molecule has 1 aliphatic heterocycles. The first-order chi connectivity index (χ1) is 9.11. The van der Waals surface area contributed by atoms with Crippen LogP contribution < -0.4 is 10.2 Å². The summed E-state index contributed by atoms with van der Waals surface area (Å²) >= 11 is 0. The molecule has 5 nitrogen and oxygen atoms in total. The Labute approximate surface area is 111 Å². The maximum Gasteiger partial charge on any atom is 0.335 e. The molecule has 0 spiro atoms. The predicted octanol–water partition coefficient (Wildman–Crippen LogP) is 0.497. The first-order valence-electron chi connectivity index (χ1n) is 5.93. The molecule has 0 aromatic heterocycles. The lowest BCUT2D eigenvalue weighted by molar-refractivity contribution is -0.119. The van der Waals surface area contributed by atoms with Crippen molar-refractivity contribution in [3.8, 4) is 12.3 Å². The Morgan fingerprint density at radius 3 is 2.95 bits per heavy atom. The van der Waals surface area contributed by atoms with Gasteiger partial charge < -0.3 is 15.3 Å². The molecule has 1 amide bonds. The molecule has 0 bridgehead atoms. The summed E-state index contributed by atoms with van der Waals surface area (Å²) in [7, 11) is 0.